The number of carbonyl (C=O) groups is 2. The number of fused-ring (bicyclic) bond motifs is 3. The molecule has 7 nitrogen and oxygen atoms in total. The molecule has 0 radical (unpaired) electrons. The van der Waals surface area contributed by atoms with Crippen molar-refractivity contribution in [1.29, 1.82) is 0 Å². The molecule has 5 rings (SSSR count). The summed E-state index contributed by atoms with van der Waals surface area (Å²) in [6, 6.07) is 11.0. The molecule has 0 saturated heterocycles. The SMILES string of the molecule is CC1CCCC[C@]2(C=O)CC[C@H]2CN2CCCCc3cc(Cl)ccc3COc3ccc(cc32)C(=O)NS(=O)(=O)C1C. The van der Waals surface area contributed by atoms with Gasteiger partial charge >= 0.3 is 0 Å². The van der Waals surface area contributed by atoms with E-state index in [0.29, 0.717) is 23.9 Å². The van der Waals surface area contributed by atoms with Gasteiger partial charge in [0.2, 0.25) is 10.0 Å². The number of hydrogen-bond acceptors (Lipinski definition) is 6. The highest BCUT2D eigenvalue weighted by molar-refractivity contribution is 7.90. The molecular formula is C32H41ClN2O5S. The van der Waals surface area contributed by atoms with Crippen LogP contribution in [0.2, 0.25) is 5.02 Å². The van der Waals surface area contributed by atoms with Crippen LogP contribution in [0.1, 0.15) is 86.7 Å². The summed E-state index contributed by atoms with van der Waals surface area (Å²) >= 11 is 6.30. The number of halogens is 1. The maximum absolute atomic E-state index is 13.3. The molecule has 1 aliphatic carbocycles. The highest BCUT2D eigenvalue weighted by atomic mass is 35.5. The van der Waals surface area contributed by atoms with Gasteiger partial charge in [0.15, 0.2) is 0 Å². The van der Waals surface area contributed by atoms with Crippen molar-refractivity contribution in [3.05, 3.63) is 58.1 Å². The van der Waals surface area contributed by atoms with Crippen LogP contribution in [0.25, 0.3) is 0 Å². The van der Waals surface area contributed by atoms with Crippen molar-refractivity contribution in [2.75, 3.05) is 18.0 Å². The maximum Gasteiger partial charge on any atom is 0.264 e. The Bertz CT molecular complexity index is 1400. The maximum atomic E-state index is 13.3. The lowest BCUT2D eigenvalue weighted by Crippen LogP contribution is -2.48. The fourth-order valence-corrected chi connectivity index (χ4v) is 8.13. The van der Waals surface area contributed by atoms with Gasteiger partial charge in [0.1, 0.15) is 18.6 Å². The fourth-order valence-electron chi connectivity index (χ4n) is 6.62. The third-order valence-electron chi connectivity index (χ3n) is 9.76. The van der Waals surface area contributed by atoms with Crippen molar-refractivity contribution in [2.45, 2.75) is 83.5 Å². The number of carbonyl (C=O) groups excluding carboxylic acids is 2. The van der Waals surface area contributed by atoms with Gasteiger partial charge in [-0.3, -0.25) is 4.79 Å². The summed E-state index contributed by atoms with van der Waals surface area (Å²) in [4.78, 5) is 28.1. The fraction of sp³-hybridized carbons (Fsp3) is 0.562. The largest absolute Gasteiger partial charge is 0.487 e. The van der Waals surface area contributed by atoms with Crippen molar-refractivity contribution < 1.29 is 22.7 Å². The number of sulfonamides is 1. The quantitative estimate of drug-likeness (QED) is 0.385. The molecule has 222 valence electrons. The molecule has 2 aliphatic heterocycles. The molecule has 3 aliphatic rings. The van der Waals surface area contributed by atoms with E-state index in [4.69, 9.17) is 16.3 Å². The van der Waals surface area contributed by atoms with E-state index in [1.165, 1.54) is 11.8 Å². The summed E-state index contributed by atoms with van der Waals surface area (Å²) in [5.41, 5.74) is 2.91. The Morgan fingerprint density at radius 3 is 2.61 bits per heavy atom. The van der Waals surface area contributed by atoms with E-state index in [-0.39, 0.29) is 22.8 Å². The van der Waals surface area contributed by atoms with Gasteiger partial charge in [0.25, 0.3) is 5.91 Å². The van der Waals surface area contributed by atoms with E-state index < -0.39 is 21.2 Å². The Balaban J connectivity index is 1.55. The molecule has 0 aromatic heterocycles. The number of hydrogen-bond donors (Lipinski definition) is 1. The molecule has 2 bridgehead atoms. The second-order valence-electron chi connectivity index (χ2n) is 12.3. The Morgan fingerprint density at radius 2 is 1.85 bits per heavy atom. The first-order valence-corrected chi connectivity index (χ1v) is 16.9. The standard InChI is InChI=1S/C32H41ClN2O5S/c1-22-7-3-5-14-32(21-36)15-13-27(32)19-35-16-6-4-8-24-17-28(33)11-9-26(24)20-40-30-12-10-25(18-29(30)35)31(37)34-41(38,39)23(22)2/h9-12,17-18,21-23,27H,3-8,13-16,19-20H2,1-2H3,(H,34,37)/t22?,23?,27-,32+/m0/s1. The predicted octanol–water partition coefficient (Wildman–Crippen LogP) is 6.32. The van der Waals surface area contributed by atoms with Crippen LogP contribution in [0.3, 0.4) is 0 Å². The van der Waals surface area contributed by atoms with E-state index in [2.05, 4.69) is 9.62 Å². The van der Waals surface area contributed by atoms with Crippen LogP contribution in [-0.4, -0.2) is 39.0 Å². The van der Waals surface area contributed by atoms with Crippen LogP contribution in [0.4, 0.5) is 5.69 Å². The summed E-state index contributed by atoms with van der Waals surface area (Å²) in [5.74, 6) is 0.0909. The smallest absolute Gasteiger partial charge is 0.264 e. The number of amides is 1. The van der Waals surface area contributed by atoms with Crippen LogP contribution in [0.5, 0.6) is 5.75 Å². The summed E-state index contributed by atoms with van der Waals surface area (Å²) in [6.45, 7) is 5.35. The normalized spacial score (nSPS) is 28.9. The van der Waals surface area contributed by atoms with Crippen LogP contribution < -0.4 is 14.4 Å². The molecule has 9 heteroatoms. The number of ether oxygens (including phenoxy) is 1. The van der Waals surface area contributed by atoms with Crippen molar-refractivity contribution in [1.82, 2.24) is 4.72 Å². The van der Waals surface area contributed by atoms with Gasteiger partial charge < -0.3 is 14.4 Å². The lowest BCUT2D eigenvalue weighted by molar-refractivity contribution is -0.126. The average Bonchev–Trinajstić information content (AvgIpc) is 2.97. The van der Waals surface area contributed by atoms with E-state index >= 15 is 0 Å². The molecule has 1 amide bonds. The predicted molar refractivity (Wildman–Crippen MR) is 162 cm³/mol. The number of aryl methyl sites for hydroxylation is 1. The van der Waals surface area contributed by atoms with Crippen molar-refractivity contribution in [2.24, 2.45) is 17.3 Å². The third kappa shape index (κ3) is 6.43. The van der Waals surface area contributed by atoms with Gasteiger partial charge in [-0.25, -0.2) is 13.1 Å². The minimum Gasteiger partial charge on any atom is -0.487 e. The zero-order valence-corrected chi connectivity index (χ0v) is 25.6. The van der Waals surface area contributed by atoms with Crippen molar-refractivity contribution >= 4 is 39.5 Å². The molecular weight excluding hydrogens is 560 g/mol. The first-order chi connectivity index (χ1) is 19.6. The Hall–Kier alpha value is -2.58. The molecule has 0 spiro atoms. The zero-order valence-electron chi connectivity index (χ0n) is 24.0. The minimum atomic E-state index is -3.87. The van der Waals surface area contributed by atoms with Gasteiger partial charge in [-0.15, -0.1) is 0 Å². The monoisotopic (exact) mass is 600 g/mol. The van der Waals surface area contributed by atoms with Gasteiger partial charge in [0, 0.05) is 29.1 Å². The molecule has 1 saturated carbocycles. The van der Waals surface area contributed by atoms with Crippen LogP contribution in [-0.2, 0) is 27.8 Å². The van der Waals surface area contributed by atoms with Gasteiger partial charge in [-0.05, 0) is 105 Å². The summed E-state index contributed by atoms with van der Waals surface area (Å²) < 4.78 is 35.0. The molecule has 2 heterocycles. The van der Waals surface area contributed by atoms with E-state index in [1.54, 1.807) is 25.1 Å². The van der Waals surface area contributed by atoms with Gasteiger partial charge in [-0.1, -0.05) is 37.4 Å². The number of aldehydes is 1. The highest BCUT2D eigenvalue weighted by Crippen LogP contribution is 2.50. The second-order valence-corrected chi connectivity index (χ2v) is 14.8. The van der Waals surface area contributed by atoms with Crippen LogP contribution >= 0.6 is 11.6 Å². The molecule has 1 fully saturated rings. The first-order valence-electron chi connectivity index (χ1n) is 14.9. The lowest BCUT2D eigenvalue weighted by atomic mass is 9.58. The molecule has 2 aromatic carbocycles. The Labute approximate surface area is 249 Å². The number of benzene rings is 2. The summed E-state index contributed by atoms with van der Waals surface area (Å²) in [5, 5.41) is -0.0151. The van der Waals surface area contributed by atoms with Crippen molar-refractivity contribution in [3.63, 3.8) is 0 Å². The van der Waals surface area contributed by atoms with E-state index in [0.717, 1.165) is 75.6 Å². The number of nitrogens with zero attached hydrogens (tertiary/aromatic N) is 1. The molecule has 2 unspecified atom stereocenters. The second kappa shape index (κ2) is 12.3. The van der Waals surface area contributed by atoms with Gasteiger partial charge in [0.05, 0.1) is 10.9 Å². The van der Waals surface area contributed by atoms with Crippen LogP contribution in [0.15, 0.2) is 36.4 Å². The first kappa shape index (κ1) is 29.9. The third-order valence-corrected chi connectivity index (χ3v) is 11.9. The molecule has 2 aromatic rings. The minimum absolute atomic E-state index is 0.119. The summed E-state index contributed by atoms with van der Waals surface area (Å²) in [6.07, 6.45) is 9.07. The molecule has 4 atom stereocenters. The molecule has 1 N–H and O–H groups in total. The van der Waals surface area contributed by atoms with Crippen LogP contribution in [0, 0.1) is 17.3 Å². The van der Waals surface area contributed by atoms with E-state index in [1.807, 2.05) is 25.1 Å². The number of nitrogens with one attached hydrogen (secondary N) is 1. The average molecular weight is 601 g/mol. The van der Waals surface area contributed by atoms with E-state index in [9.17, 15) is 18.0 Å². The highest BCUT2D eigenvalue weighted by Gasteiger charge is 2.47. The Morgan fingerprint density at radius 1 is 1.02 bits per heavy atom. The number of rotatable bonds is 1. The Kier molecular flexibility index (Phi) is 9.00. The topological polar surface area (TPSA) is 92.8 Å². The van der Waals surface area contributed by atoms with Crippen molar-refractivity contribution in [3.8, 4) is 5.75 Å². The number of anilines is 1. The summed E-state index contributed by atoms with van der Waals surface area (Å²) in [7, 11) is -3.87. The zero-order chi connectivity index (χ0) is 29.2. The van der Waals surface area contributed by atoms with Gasteiger partial charge in [-0.2, -0.15) is 0 Å². The molecule has 41 heavy (non-hydrogen) atoms. The lowest BCUT2D eigenvalue weighted by Gasteiger charge is -2.48.